The average molecular weight is 285 g/mol. The van der Waals surface area contributed by atoms with Gasteiger partial charge in [-0.25, -0.2) is 9.78 Å². The standard InChI is InChI=1S/C13H17ClN2O3/c1-4-7-13(2,12(18)19-3)16-11(17)10-6-5-9(14)8-15-10/h5-6,8H,4,7H2,1-3H3,(H,16,17). The molecule has 0 aliphatic heterocycles. The van der Waals surface area contributed by atoms with E-state index in [4.69, 9.17) is 16.3 Å². The van der Waals surface area contributed by atoms with E-state index in [0.717, 1.165) is 6.42 Å². The molecule has 1 N–H and O–H groups in total. The minimum absolute atomic E-state index is 0.204. The highest BCUT2D eigenvalue weighted by molar-refractivity contribution is 6.30. The number of carbonyl (C=O) groups excluding carboxylic acids is 2. The van der Waals surface area contributed by atoms with Gasteiger partial charge in [0, 0.05) is 6.20 Å². The van der Waals surface area contributed by atoms with Crippen LogP contribution in [0.3, 0.4) is 0 Å². The number of pyridine rings is 1. The zero-order chi connectivity index (χ0) is 14.5. The lowest BCUT2D eigenvalue weighted by molar-refractivity contribution is -0.147. The number of aromatic nitrogens is 1. The predicted molar refractivity (Wildman–Crippen MR) is 72.0 cm³/mol. The van der Waals surface area contributed by atoms with Crippen LogP contribution in [0, 0.1) is 0 Å². The highest BCUT2D eigenvalue weighted by atomic mass is 35.5. The zero-order valence-electron chi connectivity index (χ0n) is 11.2. The van der Waals surface area contributed by atoms with E-state index in [-0.39, 0.29) is 5.69 Å². The second-order valence-electron chi connectivity index (χ2n) is 4.39. The maximum atomic E-state index is 12.0. The number of amides is 1. The van der Waals surface area contributed by atoms with Crippen molar-refractivity contribution >= 4 is 23.5 Å². The Bertz CT molecular complexity index is 461. The molecule has 0 aliphatic rings. The van der Waals surface area contributed by atoms with Gasteiger partial charge in [0.1, 0.15) is 11.2 Å². The molecule has 1 amide bonds. The van der Waals surface area contributed by atoms with Gasteiger partial charge in [0.25, 0.3) is 5.91 Å². The summed E-state index contributed by atoms with van der Waals surface area (Å²) in [5.74, 6) is -0.908. The van der Waals surface area contributed by atoms with Crippen molar-refractivity contribution in [3.8, 4) is 0 Å². The van der Waals surface area contributed by atoms with Crippen molar-refractivity contribution in [2.24, 2.45) is 0 Å². The summed E-state index contributed by atoms with van der Waals surface area (Å²) in [6.07, 6.45) is 2.60. The SMILES string of the molecule is CCCC(C)(NC(=O)c1ccc(Cl)cn1)C(=O)OC. The number of hydrogen-bond acceptors (Lipinski definition) is 4. The van der Waals surface area contributed by atoms with E-state index in [1.54, 1.807) is 13.0 Å². The van der Waals surface area contributed by atoms with Crippen molar-refractivity contribution in [2.45, 2.75) is 32.2 Å². The largest absolute Gasteiger partial charge is 0.467 e. The Hall–Kier alpha value is -1.62. The van der Waals surface area contributed by atoms with Crippen LogP contribution >= 0.6 is 11.6 Å². The minimum atomic E-state index is -1.05. The summed E-state index contributed by atoms with van der Waals surface area (Å²) >= 11 is 5.70. The fourth-order valence-corrected chi connectivity index (χ4v) is 1.88. The second kappa shape index (κ2) is 6.52. The Labute approximate surface area is 117 Å². The van der Waals surface area contributed by atoms with E-state index in [1.807, 2.05) is 6.92 Å². The molecule has 0 fully saturated rings. The second-order valence-corrected chi connectivity index (χ2v) is 4.83. The molecule has 1 aromatic rings. The van der Waals surface area contributed by atoms with Crippen molar-refractivity contribution < 1.29 is 14.3 Å². The van der Waals surface area contributed by atoms with Crippen LogP contribution in [0.15, 0.2) is 18.3 Å². The normalized spacial score (nSPS) is 13.5. The summed E-state index contributed by atoms with van der Waals surface area (Å²) in [6.45, 7) is 3.56. The summed E-state index contributed by atoms with van der Waals surface area (Å²) in [5.41, 5.74) is -0.849. The monoisotopic (exact) mass is 284 g/mol. The third-order valence-electron chi connectivity index (χ3n) is 2.74. The fourth-order valence-electron chi connectivity index (χ4n) is 1.77. The van der Waals surface area contributed by atoms with Crippen molar-refractivity contribution in [2.75, 3.05) is 7.11 Å². The lowest BCUT2D eigenvalue weighted by Gasteiger charge is -2.27. The Morgan fingerprint density at radius 2 is 2.16 bits per heavy atom. The number of methoxy groups -OCH3 is 1. The van der Waals surface area contributed by atoms with E-state index in [2.05, 4.69) is 10.3 Å². The van der Waals surface area contributed by atoms with Gasteiger partial charge in [0.15, 0.2) is 0 Å². The lowest BCUT2D eigenvalue weighted by atomic mass is 9.96. The van der Waals surface area contributed by atoms with Crippen LogP contribution in [0.4, 0.5) is 0 Å². The van der Waals surface area contributed by atoms with Crippen molar-refractivity contribution in [1.82, 2.24) is 10.3 Å². The molecule has 0 saturated heterocycles. The molecule has 1 rings (SSSR count). The minimum Gasteiger partial charge on any atom is -0.467 e. The Morgan fingerprint density at radius 1 is 1.47 bits per heavy atom. The first-order valence-electron chi connectivity index (χ1n) is 5.95. The lowest BCUT2D eigenvalue weighted by Crippen LogP contribution is -2.52. The van der Waals surface area contributed by atoms with Crippen LogP contribution in [0.2, 0.25) is 5.02 Å². The third-order valence-corrected chi connectivity index (χ3v) is 2.96. The number of ether oxygens (including phenoxy) is 1. The molecule has 0 spiro atoms. The van der Waals surface area contributed by atoms with E-state index in [0.29, 0.717) is 11.4 Å². The fraction of sp³-hybridized carbons (Fsp3) is 0.462. The zero-order valence-corrected chi connectivity index (χ0v) is 12.0. The number of esters is 1. The van der Waals surface area contributed by atoms with Gasteiger partial charge in [-0.3, -0.25) is 4.79 Å². The van der Waals surface area contributed by atoms with E-state index in [9.17, 15) is 9.59 Å². The molecular formula is C13H17ClN2O3. The first-order valence-corrected chi connectivity index (χ1v) is 6.33. The summed E-state index contributed by atoms with van der Waals surface area (Å²) in [5, 5.41) is 3.11. The molecule has 1 unspecified atom stereocenters. The number of halogens is 1. The summed E-state index contributed by atoms with van der Waals surface area (Å²) < 4.78 is 4.73. The van der Waals surface area contributed by atoms with Gasteiger partial charge >= 0.3 is 5.97 Å². The first kappa shape index (κ1) is 15.4. The molecule has 0 radical (unpaired) electrons. The quantitative estimate of drug-likeness (QED) is 0.842. The Kier molecular flexibility index (Phi) is 5.30. The molecule has 1 atom stereocenters. The predicted octanol–water partition coefficient (Wildman–Crippen LogP) is 2.20. The van der Waals surface area contributed by atoms with E-state index < -0.39 is 17.4 Å². The molecule has 0 bridgehead atoms. The highest BCUT2D eigenvalue weighted by Crippen LogP contribution is 2.15. The number of carbonyl (C=O) groups is 2. The smallest absolute Gasteiger partial charge is 0.331 e. The number of rotatable bonds is 5. The van der Waals surface area contributed by atoms with Crippen LogP contribution in [0.5, 0.6) is 0 Å². The average Bonchev–Trinajstić information content (AvgIpc) is 2.38. The molecule has 5 nitrogen and oxygen atoms in total. The topological polar surface area (TPSA) is 68.3 Å². The van der Waals surface area contributed by atoms with Gasteiger partial charge in [0.2, 0.25) is 0 Å². The maximum Gasteiger partial charge on any atom is 0.331 e. The van der Waals surface area contributed by atoms with Crippen LogP contribution in [0.25, 0.3) is 0 Å². The first-order chi connectivity index (χ1) is 8.92. The number of nitrogens with one attached hydrogen (secondary N) is 1. The van der Waals surface area contributed by atoms with Crippen LogP contribution in [-0.4, -0.2) is 29.5 Å². The molecule has 0 saturated carbocycles. The summed E-state index contributed by atoms with van der Waals surface area (Å²) in [4.78, 5) is 27.7. The molecule has 19 heavy (non-hydrogen) atoms. The van der Waals surface area contributed by atoms with Crippen LogP contribution in [-0.2, 0) is 9.53 Å². The van der Waals surface area contributed by atoms with Crippen LogP contribution < -0.4 is 5.32 Å². The molecule has 6 heteroatoms. The van der Waals surface area contributed by atoms with Gasteiger partial charge in [-0.05, 0) is 25.5 Å². The van der Waals surface area contributed by atoms with Gasteiger partial charge < -0.3 is 10.1 Å². The molecule has 0 aliphatic carbocycles. The van der Waals surface area contributed by atoms with Gasteiger partial charge in [-0.15, -0.1) is 0 Å². The number of nitrogens with zero attached hydrogens (tertiary/aromatic N) is 1. The van der Waals surface area contributed by atoms with E-state index in [1.165, 1.54) is 19.4 Å². The highest BCUT2D eigenvalue weighted by Gasteiger charge is 2.35. The van der Waals surface area contributed by atoms with Gasteiger partial charge in [0.05, 0.1) is 12.1 Å². The van der Waals surface area contributed by atoms with Gasteiger partial charge in [-0.1, -0.05) is 24.9 Å². The van der Waals surface area contributed by atoms with Crippen molar-refractivity contribution in [3.63, 3.8) is 0 Å². The Balaban J connectivity index is 2.87. The van der Waals surface area contributed by atoms with Crippen molar-refractivity contribution in [3.05, 3.63) is 29.0 Å². The molecular weight excluding hydrogens is 268 g/mol. The third kappa shape index (κ3) is 3.92. The van der Waals surface area contributed by atoms with E-state index >= 15 is 0 Å². The molecule has 1 aromatic heterocycles. The molecule has 1 heterocycles. The van der Waals surface area contributed by atoms with Gasteiger partial charge in [-0.2, -0.15) is 0 Å². The Morgan fingerprint density at radius 3 is 2.63 bits per heavy atom. The summed E-state index contributed by atoms with van der Waals surface area (Å²) in [6, 6.07) is 3.07. The maximum absolute atomic E-state index is 12.0. The molecule has 104 valence electrons. The molecule has 0 aromatic carbocycles. The van der Waals surface area contributed by atoms with Crippen LogP contribution in [0.1, 0.15) is 37.2 Å². The van der Waals surface area contributed by atoms with Crippen molar-refractivity contribution in [1.29, 1.82) is 0 Å². The number of hydrogen-bond donors (Lipinski definition) is 1. The summed E-state index contributed by atoms with van der Waals surface area (Å²) in [7, 11) is 1.29.